The quantitative estimate of drug-likeness (QED) is 0.706. The van der Waals surface area contributed by atoms with Crippen LogP contribution >= 0.6 is 11.8 Å². The molecule has 1 aromatic carbocycles. The van der Waals surface area contributed by atoms with Gasteiger partial charge in [-0.05, 0) is 29.9 Å². The third-order valence-corrected chi connectivity index (χ3v) is 4.81. The average molecular weight is 335 g/mol. The first-order valence-electron chi connectivity index (χ1n) is 6.99. The number of alkyl carbamates (subject to hydrolysis) is 1. The normalized spacial score (nSPS) is 21.3. The SMILES string of the molecule is COC(=O)NC(=O)C1CCSC1NC(O)c1ccc(C#N)cc1. The van der Waals surface area contributed by atoms with Gasteiger partial charge in [-0.1, -0.05) is 12.1 Å². The molecule has 3 atom stereocenters. The number of aliphatic hydroxyl groups excluding tert-OH is 1. The molecular formula is C15H17N3O4S. The van der Waals surface area contributed by atoms with Gasteiger partial charge in [0.1, 0.15) is 6.23 Å². The second-order valence-corrected chi connectivity index (χ2v) is 6.22. The second kappa shape index (κ2) is 7.97. The lowest BCUT2D eigenvalue weighted by molar-refractivity contribution is -0.124. The minimum absolute atomic E-state index is 0.315. The zero-order valence-corrected chi connectivity index (χ0v) is 13.3. The molecule has 1 aliphatic rings. The van der Waals surface area contributed by atoms with Crippen LogP contribution in [0.5, 0.6) is 0 Å². The van der Waals surface area contributed by atoms with Crippen LogP contribution in [0.1, 0.15) is 23.8 Å². The lowest BCUT2D eigenvalue weighted by Gasteiger charge is -2.23. The van der Waals surface area contributed by atoms with Crippen LogP contribution in [0, 0.1) is 17.2 Å². The van der Waals surface area contributed by atoms with E-state index in [1.54, 1.807) is 24.3 Å². The van der Waals surface area contributed by atoms with Crippen molar-refractivity contribution in [3.8, 4) is 6.07 Å². The van der Waals surface area contributed by atoms with E-state index >= 15 is 0 Å². The van der Waals surface area contributed by atoms with Crippen molar-refractivity contribution >= 4 is 23.8 Å². The van der Waals surface area contributed by atoms with Crippen LogP contribution in [-0.4, -0.2) is 35.3 Å². The van der Waals surface area contributed by atoms with Gasteiger partial charge in [-0.2, -0.15) is 5.26 Å². The molecule has 0 aliphatic carbocycles. The Hall–Kier alpha value is -2.08. The summed E-state index contributed by atoms with van der Waals surface area (Å²) in [6.07, 6.45) is -1.16. The molecule has 1 aromatic rings. The van der Waals surface area contributed by atoms with Crippen molar-refractivity contribution in [2.45, 2.75) is 18.0 Å². The number of carbonyl (C=O) groups excluding carboxylic acids is 2. The molecule has 1 fully saturated rings. The van der Waals surface area contributed by atoms with Crippen LogP contribution in [0.4, 0.5) is 4.79 Å². The minimum atomic E-state index is -0.966. The highest BCUT2D eigenvalue weighted by atomic mass is 32.2. The summed E-state index contributed by atoms with van der Waals surface area (Å²) in [7, 11) is 1.19. The van der Waals surface area contributed by atoms with Crippen molar-refractivity contribution in [1.82, 2.24) is 10.6 Å². The maximum absolute atomic E-state index is 12.0. The summed E-state index contributed by atoms with van der Waals surface area (Å²) < 4.78 is 4.41. The van der Waals surface area contributed by atoms with Crippen LogP contribution in [0.2, 0.25) is 0 Å². The summed E-state index contributed by atoms with van der Waals surface area (Å²) in [6, 6.07) is 8.54. The number of rotatable bonds is 4. The highest BCUT2D eigenvalue weighted by Gasteiger charge is 2.35. The topological polar surface area (TPSA) is 111 Å². The molecule has 0 aromatic heterocycles. The van der Waals surface area contributed by atoms with Gasteiger partial charge in [0, 0.05) is 0 Å². The molecule has 3 N–H and O–H groups in total. The highest BCUT2D eigenvalue weighted by molar-refractivity contribution is 8.00. The van der Waals surface area contributed by atoms with E-state index in [4.69, 9.17) is 5.26 Å². The number of imide groups is 1. The molecule has 0 radical (unpaired) electrons. The van der Waals surface area contributed by atoms with Crippen molar-refractivity contribution in [2.24, 2.45) is 5.92 Å². The average Bonchev–Trinajstić information content (AvgIpc) is 3.02. The molecule has 8 heteroatoms. The summed E-state index contributed by atoms with van der Waals surface area (Å²) in [5.41, 5.74) is 1.11. The number of methoxy groups -OCH3 is 1. The van der Waals surface area contributed by atoms with Crippen LogP contribution in [-0.2, 0) is 9.53 Å². The Morgan fingerprint density at radius 2 is 2.13 bits per heavy atom. The van der Waals surface area contributed by atoms with E-state index < -0.39 is 24.1 Å². The van der Waals surface area contributed by atoms with Crippen LogP contribution in [0.15, 0.2) is 24.3 Å². The Kier molecular flexibility index (Phi) is 5.98. The number of thioether (sulfide) groups is 1. The monoisotopic (exact) mass is 335 g/mol. The molecule has 7 nitrogen and oxygen atoms in total. The Labute approximate surface area is 138 Å². The molecule has 1 aliphatic heterocycles. The van der Waals surface area contributed by atoms with Gasteiger partial charge in [-0.3, -0.25) is 15.4 Å². The van der Waals surface area contributed by atoms with Crippen LogP contribution < -0.4 is 10.6 Å². The summed E-state index contributed by atoms with van der Waals surface area (Å²) in [6.45, 7) is 0. The maximum atomic E-state index is 12.0. The summed E-state index contributed by atoms with van der Waals surface area (Å²) in [5, 5.41) is 23.8. The molecule has 1 heterocycles. The van der Waals surface area contributed by atoms with Gasteiger partial charge in [0.25, 0.3) is 0 Å². The second-order valence-electron chi connectivity index (χ2n) is 4.97. The first-order valence-corrected chi connectivity index (χ1v) is 8.04. The predicted octanol–water partition coefficient (Wildman–Crippen LogP) is 1.10. The number of amides is 2. The van der Waals surface area contributed by atoms with Crippen molar-refractivity contribution in [2.75, 3.05) is 12.9 Å². The molecule has 0 saturated carbocycles. The molecule has 23 heavy (non-hydrogen) atoms. The molecular weight excluding hydrogens is 318 g/mol. The number of nitriles is 1. The van der Waals surface area contributed by atoms with Crippen molar-refractivity contribution in [3.63, 3.8) is 0 Å². The summed E-state index contributed by atoms with van der Waals surface area (Å²) >= 11 is 1.51. The number of hydrogen-bond acceptors (Lipinski definition) is 7. The molecule has 2 rings (SSSR count). The smallest absolute Gasteiger partial charge is 0.413 e. The van der Waals surface area contributed by atoms with Gasteiger partial charge >= 0.3 is 6.09 Å². The number of carbonyl (C=O) groups is 2. The van der Waals surface area contributed by atoms with Gasteiger partial charge in [-0.25, -0.2) is 4.79 Å². The Morgan fingerprint density at radius 3 is 2.74 bits per heavy atom. The Bertz CT molecular complexity index is 614. The van der Waals surface area contributed by atoms with Crippen LogP contribution in [0.3, 0.4) is 0 Å². The number of nitrogens with zero attached hydrogens (tertiary/aromatic N) is 1. The molecule has 0 spiro atoms. The third-order valence-electron chi connectivity index (χ3n) is 3.52. The van der Waals surface area contributed by atoms with E-state index in [9.17, 15) is 14.7 Å². The van der Waals surface area contributed by atoms with Gasteiger partial charge in [-0.15, -0.1) is 11.8 Å². The van der Waals surface area contributed by atoms with Gasteiger partial charge < -0.3 is 9.84 Å². The molecule has 1 saturated heterocycles. The van der Waals surface area contributed by atoms with E-state index in [1.165, 1.54) is 18.9 Å². The number of aliphatic hydroxyl groups is 1. The standard InChI is InChI=1S/C15H17N3O4S/c1-22-15(21)18-13(20)11-6-7-23-14(11)17-12(19)10-4-2-9(8-16)3-5-10/h2-5,11-12,14,17,19H,6-7H2,1H3,(H,18,20,21). The minimum Gasteiger partial charge on any atom is -0.453 e. The molecule has 3 unspecified atom stereocenters. The Balaban J connectivity index is 1.98. The first-order chi connectivity index (χ1) is 11.0. The van der Waals surface area contributed by atoms with Gasteiger partial charge in [0.05, 0.1) is 30.0 Å². The zero-order chi connectivity index (χ0) is 16.8. The van der Waals surface area contributed by atoms with Crippen molar-refractivity contribution < 1.29 is 19.4 Å². The molecule has 0 bridgehead atoms. The lowest BCUT2D eigenvalue weighted by atomic mass is 10.1. The summed E-state index contributed by atoms with van der Waals surface area (Å²) in [5.74, 6) is -0.115. The van der Waals surface area contributed by atoms with Gasteiger partial charge in [0.2, 0.25) is 5.91 Å². The number of hydrogen-bond donors (Lipinski definition) is 3. The highest BCUT2D eigenvalue weighted by Crippen LogP contribution is 2.32. The van der Waals surface area contributed by atoms with Crippen LogP contribution in [0.25, 0.3) is 0 Å². The fourth-order valence-electron chi connectivity index (χ4n) is 2.26. The van der Waals surface area contributed by atoms with E-state index in [1.807, 2.05) is 6.07 Å². The van der Waals surface area contributed by atoms with Gasteiger partial charge in [0.15, 0.2) is 0 Å². The van der Waals surface area contributed by atoms with Crippen molar-refractivity contribution in [1.29, 1.82) is 5.26 Å². The van der Waals surface area contributed by atoms with Crippen molar-refractivity contribution in [3.05, 3.63) is 35.4 Å². The fraction of sp³-hybridized carbons (Fsp3) is 0.400. The van der Waals surface area contributed by atoms with E-state index in [-0.39, 0.29) is 5.37 Å². The molecule has 2 amide bonds. The van der Waals surface area contributed by atoms with E-state index in [0.717, 1.165) is 5.75 Å². The zero-order valence-electron chi connectivity index (χ0n) is 12.5. The van der Waals surface area contributed by atoms with E-state index in [0.29, 0.717) is 17.5 Å². The molecule has 122 valence electrons. The number of benzene rings is 1. The lowest BCUT2D eigenvalue weighted by Crippen LogP contribution is -2.43. The number of ether oxygens (including phenoxy) is 1. The first kappa shape index (κ1) is 17.3. The largest absolute Gasteiger partial charge is 0.453 e. The van der Waals surface area contributed by atoms with E-state index in [2.05, 4.69) is 15.4 Å². The predicted molar refractivity (Wildman–Crippen MR) is 84.2 cm³/mol. The summed E-state index contributed by atoms with van der Waals surface area (Å²) in [4.78, 5) is 23.2. The fourth-order valence-corrected chi connectivity index (χ4v) is 3.62. The third kappa shape index (κ3) is 4.45. The number of nitrogens with one attached hydrogen (secondary N) is 2. The Morgan fingerprint density at radius 1 is 1.43 bits per heavy atom. The maximum Gasteiger partial charge on any atom is 0.413 e.